The molecule has 5 aliphatic rings. The summed E-state index contributed by atoms with van der Waals surface area (Å²) in [4.78, 5) is 15.6. The molecule has 3 saturated carbocycles. The number of nitrogens with one attached hydrogen (secondary N) is 1. The van der Waals surface area contributed by atoms with Crippen LogP contribution in [0.1, 0.15) is 38.5 Å². The third-order valence-corrected chi connectivity index (χ3v) is 10.5. The van der Waals surface area contributed by atoms with Crippen LogP contribution < -0.4 is 15.8 Å². The van der Waals surface area contributed by atoms with Gasteiger partial charge in [-0.25, -0.2) is 18.2 Å². The Bertz CT molecular complexity index is 1700. The quantitative estimate of drug-likeness (QED) is 0.272. The van der Waals surface area contributed by atoms with E-state index in [1.54, 1.807) is 6.07 Å². The molecule has 12 heteroatoms. The molecule has 2 atom stereocenters. The molecule has 0 radical (unpaired) electrons. The number of nitrogens with two attached hydrogens (primary N) is 1. The number of alkyl halides is 1. The molecule has 0 unspecified atom stereocenters. The van der Waals surface area contributed by atoms with Crippen LogP contribution in [0.2, 0.25) is 5.02 Å². The summed E-state index contributed by atoms with van der Waals surface area (Å²) >= 11 is 7.70. The molecule has 9 rings (SSSR count). The second-order valence-corrected chi connectivity index (χ2v) is 13.3. The van der Waals surface area contributed by atoms with E-state index in [2.05, 4.69) is 25.2 Å². The van der Waals surface area contributed by atoms with Crippen molar-refractivity contribution < 1.29 is 17.9 Å². The third-order valence-electron chi connectivity index (χ3n) is 9.30. The van der Waals surface area contributed by atoms with Gasteiger partial charge in [0.2, 0.25) is 0 Å². The normalized spacial score (nSPS) is 29.0. The molecule has 2 aromatic carbocycles. The first-order valence-electron chi connectivity index (χ1n) is 13.6. The molecule has 2 bridgehead atoms. The standard InChI is InChI=1S/C28H26ClF3N6OS/c29-17-6-16-21(20(32)19(17)15-2-3-18(31)23-22(15)34-25(33)40-23)35-26(36-24(16)37-27-7-13(8-27)9-27)39-12-28-4-1-5-38(28)11-14(30)10-28/h2-3,6,13-14H,1,4-5,7-12H2,(H2,33,34)(H,35,36,37)/t13?,14-,27?,28+/m1/s1. The SMILES string of the molecule is Nc1nc2c(-c3c(Cl)cc4c(NC56CC(C5)C6)nc(OC[C@@]56CCCN5C[C@H](F)C6)nc4c3F)ccc(F)c2s1. The highest BCUT2D eigenvalue weighted by Gasteiger charge is 2.57. The van der Waals surface area contributed by atoms with Crippen molar-refractivity contribution >= 4 is 55.0 Å². The Kier molecular flexibility index (Phi) is 5.32. The van der Waals surface area contributed by atoms with Gasteiger partial charge in [-0.05, 0) is 62.8 Å². The number of halogens is 4. The second kappa shape index (κ2) is 8.56. The average molecular weight is 587 g/mol. The highest BCUT2D eigenvalue weighted by molar-refractivity contribution is 7.22. The number of fused-ring (bicyclic) bond motifs is 3. The maximum Gasteiger partial charge on any atom is 0.319 e. The van der Waals surface area contributed by atoms with Crippen molar-refractivity contribution in [3.8, 4) is 17.1 Å². The van der Waals surface area contributed by atoms with Crippen molar-refractivity contribution in [2.45, 2.75) is 55.8 Å². The Balaban J connectivity index is 1.25. The van der Waals surface area contributed by atoms with Crippen molar-refractivity contribution in [3.63, 3.8) is 0 Å². The van der Waals surface area contributed by atoms with Crippen molar-refractivity contribution in [3.05, 3.63) is 34.9 Å². The Morgan fingerprint density at radius 2 is 1.98 bits per heavy atom. The van der Waals surface area contributed by atoms with Crippen LogP contribution in [0, 0.1) is 17.6 Å². The molecule has 3 N–H and O–H groups in total. The minimum atomic E-state index is -0.891. The lowest BCUT2D eigenvalue weighted by Crippen LogP contribution is -2.63. The Labute approximate surface area is 236 Å². The number of aromatic nitrogens is 3. The summed E-state index contributed by atoms with van der Waals surface area (Å²) in [5, 5.41) is 4.27. The van der Waals surface area contributed by atoms with E-state index >= 15 is 4.39 Å². The van der Waals surface area contributed by atoms with E-state index in [4.69, 9.17) is 22.1 Å². The molecule has 7 nitrogen and oxygen atoms in total. The molecule has 2 aliphatic heterocycles. The topological polar surface area (TPSA) is 89.2 Å². The van der Waals surface area contributed by atoms with Gasteiger partial charge in [-0.3, -0.25) is 4.90 Å². The van der Waals surface area contributed by atoms with Gasteiger partial charge in [0, 0.05) is 35.0 Å². The molecule has 208 valence electrons. The van der Waals surface area contributed by atoms with Crippen LogP contribution in [-0.4, -0.2) is 56.8 Å². The lowest BCUT2D eigenvalue weighted by atomic mass is 9.50. The minimum absolute atomic E-state index is 0.0273. The Morgan fingerprint density at radius 3 is 2.75 bits per heavy atom. The zero-order valence-electron chi connectivity index (χ0n) is 21.4. The van der Waals surface area contributed by atoms with E-state index in [1.807, 2.05) is 0 Å². The minimum Gasteiger partial charge on any atom is -0.461 e. The number of nitrogens with zero attached hydrogens (tertiary/aromatic N) is 4. The molecular weight excluding hydrogens is 561 g/mol. The highest BCUT2D eigenvalue weighted by Crippen LogP contribution is 2.59. The van der Waals surface area contributed by atoms with Gasteiger partial charge in [0.1, 0.15) is 29.9 Å². The maximum atomic E-state index is 16.5. The maximum absolute atomic E-state index is 16.5. The fourth-order valence-electron chi connectivity index (χ4n) is 7.31. The van der Waals surface area contributed by atoms with Crippen LogP contribution in [0.25, 0.3) is 32.2 Å². The Hall–Kier alpha value is -2.89. The van der Waals surface area contributed by atoms with Gasteiger partial charge < -0.3 is 15.8 Å². The molecule has 4 aromatic rings. The van der Waals surface area contributed by atoms with Crippen LogP contribution in [0.4, 0.5) is 24.1 Å². The third kappa shape index (κ3) is 3.63. The van der Waals surface area contributed by atoms with Gasteiger partial charge in [0.25, 0.3) is 0 Å². The predicted molar refractivity (Wildman–Crippen MR) is 150 cm³/mol. The zero-order valence-corrected chi connectivity index (χ0v) is 23.0. The highest BCUT2D eigenvalue weighted by atomic mass is 35.5. The number of nitrogen functional groups attached to an aromatic ring is 1. The number of rotatable bonds is 6. The van der Waals surface area contributed by atoms with Crippen LogP contribution in [0.5, 0.6) is 6.01 Å². The monoisotopic (exact) mass is 586 g/mol. The van der Waals surface area contributed by atoms with E-state index in [9.17, 15) is 8.78 Å². The van der Waals surface area contributed by atoms with Crippen LogP contribution in [0.3, 0.4) is 0 Å². The predicted octanol–water partition coefficient (Wildman–Crippen LogP) is 6.34. The summed E-state index contributed by atoms with van der Waals surface area (Å²) in [5.74, 6) is 0.0117. The molecule has 0 spiro atoms. The number of benzene rings is 2. The summed E-state index contributed by atoms with van der Waals surface area (Å²) in [6.07, 6.45) is 4.45. The van der Waals surface area contributed by atoms with E-state index in [1.165, 1.54) is 12.1 Å². The summed E-state index contributed by atoms with van der Waals surface area (Å²) < 4.78 is 51.7. The van der Waals surface area contributed by atoms with Crippen LogP contribution in [0.15, 0.2) is 18.2 Å². The molecular formula is C28H26ClF3N6OS. The fraction of sp³-hybridized carbons (Fsp3) is 0.464. The van der Waals surface area contributed by atoms with E-state index in [0.29, 0.717) is 29.7 Å². The van der Waals surface area contributed by atoms with E-state index in [0.717, 1.165) is 55.9 Å². The smallest absolute Gasteiger partial charge is 0.319 e. The number of anilines is 2. The van der Waals surface area contributed by atoms with Crippen LogP contribution in [-0.2, 0) is 0 Å². The van der Waals surface area contributed by atoms with Crippen molar-refractivity contribution in [2.75, 3.05) is 30.7 Å². The zero-order chi connectivity index (χ0) is 27.4. The largest absolute Gasteiger partial charge is 0.461 e. The Morgan fingerprint density at radius 1 is 1.15 bits per heavy atom. The van der Waals surface area contributed by atoms with Gasteiger partial charge in [0.15, 0.2) is 10.9 Å². The van der Waals surface area contributed by atoms with E-state index < -0.39 is 23.3 Å². The molecule has 4 heterocycles. The number of hydrogen-bond donors (Lipinski definition) is 2. The van der Waals surface area contributed by atoms with Gasteiger partial charge in [-0.1, -0.05) is 22.9 Å². The second-order valence-electron chi connectivity index (χ2n) is 11.9. The average Bonchev–Trinajstić information content (AvgIpc) is 3.53. The van der Waals surface area contributed by atoms with Crippen molar-refractivity contribution in [2.24, 2.45) is 5.92 Å². The van der Waals surface area contributed by atoms with Gasteiger partial charge >= 0.3 is 6.01 Å². The van der Waals surface area contributed by atoms with E-state index in [-0.39, 0.29) is 49.6 Å². The number of hydrogen-bond acceptors (Lipinski definition) is 8. The molecule has 3 aliphatic carbocycles. The van der Waals surface area contributed by atoms with Crippen LogP contribution >= 0.6 is 22.9 Å². The van der Waals surface area contributed by atoms with Gasteiger partial charge in [0.05, 0.1) is 20.8 Å². The summed E-state index contributed by atoms with van der Waals surface area (Å²) in [7, 11) is 0. The first-order valence-corrected chi connectivity index (χ1v) is 14.8. The lowest BCUT2D eigenvalue weighted by Gasteiger charge is -2.62. The number of thiazole rings is 1. The molecule has 2 saturated heterocycles. The summed E-state index contributed by atoms with van der Waals surface area (Å²) in [5.41, 5.74) is 6.07. The molecule has 40 heavy (non-hydrogen) atoms. The van der Waals surface area contributed by atoms with Crippen molar-refractivity contribution in [1.82, 2.24) is 19.9 Å². The van der Waals surface area contributed by atoms with Gasteiger partial charge in [-0.2, -0.15) is 9.97 Å². The first kappa shape index (κ1) is 24.9. The molecule has 5 fully saturated rings. The van der Waals surface area contributed by atoms with Gasteiger partial charge in [-0.15, -0.1) is 0 Å². The molecule has 0 amide bonds. The summed E-state index contributed by atoms with van der Waals surface area (Å²) in [6, 6.07) is 4.37. The summed E-state index contributed by atoms with van der Waals surface area (Å²) in [6.45, 7) is 1.47. The number of ether oxygens (including phenoxy) is 1. The fourth-order valence-corrected chi connectivity index (χ4v) is 8.36. The lowest BCUT2D eigenvalue weighted by molar-refractivity contribution is 0.00186. The molecule has 2 aromatic heterocycles. The first-order chi connectivity index (χ1) is 19.2. The van der Waals surface area contributed by atoms with Crippen molar-refractivity contribution in [1.29, 1.82) is 0 Å².